The van der Waals surface area contributed by atoms with Gasteiger partial charge in [0.2, 0.25) is 5.91 Å². The highest BCUT2D eigenvalue weighted by Crippen LogP contribution is 2.28. The molecule has 0 bridgehead atoms. The van der Waals surface area contributed by atoms with E-state index < -0.39 is 0 Å². The quantitative estimate of drug-likeness (QED) is 0.409. The highest BCUT2D eigenvalue weighted by molar-refractivity contribution is 8.00. The van der Waals surface area contributed by atoms with E-state index in [2.05, 4.69) is 20.5 Å². The third kappa shape index (κ3) is 4.78. The predicted octanol–water partition coefficient (Wildman–Crippen LogP) is 4.73. The molecular weight excluding hydrogens is 430 g/mol. The number of nitrogens with zero attached hydrogens (tertiary/aromatic N) is 4. The van der Waals surface area contributed by atoms with Gasteiger partial charge in [0.25, 0.3) is 0 Å². The first-order valence-electron chi connectivity index (χ1n) is 9.57. The number of hydrogen-bond acceptors (Lipinski definition) is 7. The molecule has 0 saturated carbocycles. The predicted molar refractivity (Wildman–Crippen MR) is 124 cm³/mol. The summed E-state index contributed by atoms with van der Waals surface area (Å²) >= 11 is 2.76. The van der Waals surface area contributed by atoms with Crippen LogP contribution in [0.4, 0.5) is 5.13 Å². The monoisotopic (exact) mass is 451 g/mol. The van der Waals surface area contributed by atoms with Crippen LogP contribution in [0.5, 0.6) is 5.75 Å². The van der Waals surface area contributed by atoms with Crippen molar-refractivity contribution in [2.24, 2.45) is 7.05 Å². The minimum absolute atomic E-state index is 0.132. The fourth-order valence-electron chi connectivity index (χ4n) is 2.90. The molecule has 4 aromatic rings. The van der Waals surface area contributed by atoms with Crippen molar-refractivity contribution < 1.29 is 9.53 Å². The molecule has 1 N–H and O–H groups in total. The van der Waals surface area contributed by atoms with Crippen LogP contribution in [-0.2, 0) is 11.8 Å². The molecule has 0 radical (unpaired) electrons. The van der Waals surface area contributed by atoms with E-state index in [0.29, 0.717) is 10.3 Å². The van der Waals surface area contributed by atoms with Gasteiger partial charge in [0.15, 0.2) is 16.1 Å². The number of carbonyl (C=O) groups is 1. The number of benzene rings is 2. The summed E-state index contributed by atoms with van der Waals surface area (Å²) in [7, 11) is 3.52. The highest BCUT2D eigenvalue weighted by atomic mass is 32.2. The number of aromatic nitrogens is 4. The van der Waals surface area contributed by atoms with Crippen molar-refractivity contribution in [3.8, 4) is 28.4 Å². The minimum Gasteiger partial charge on any atom is -0.497 e. The van der Waals surface area contributed by atoms with E-state index in [9.17, 15) is 4.79 Å². The molecule has 2 heterocycles. The highest BCUT2D eigenvalue weighted by Gasteiger charge is 2.20. The van der Waals surface area contributed by atoms with Gasteiger partial charge < -0.3 is 14.6 Å². The molecule has 1 atom stereocenters. The molecule has 2 aromatic carbocycles. The number of hydrogen-bond donors (Lipinski definition) is 1. The first-order valence-corrected chi connectivity index (χ1v) is 11.3. The van der Waals surface area contributed by atoms with Crippen molar-refractivity contribution in [3.63, 3.8) is 0 Å². The summed E-state index contributed by atoms with van der Waals surface area (Å²) < 4.78 is 7.08. The average molecular weight is 452 g/mol. The van der Waals surface area contributed by atoms with Gasteiger partial charge in [0.1, 0.15) is 5.75 Å². The van der Waals surface area contributed by atoms with Gasteiger partial charge in [-0.3, -0.25) is 4.79 Å². The lowest BCUT2D eigenvalue weighted by molar-refractivity contribution is -0.115. The Kier molecular flexibility index (Phi) is 6.34. The number of ether oxygens (including phenoxy) is 1. The van der Waals surface area contributed by atoms with E-state index in [1.807, 2.05) is 78.5 Å². The standard InChI is InChI=1S/C22H21N5O2S2/c1-14(20(28)24-21-23-18(13-30-21)15-7-5-4-6-8-15)31-22-26-25-19(27(22)2)16-9-11-17(29-3)12-10-16/h4-14H,1-3H3,(H,23,24,28)/t14-/m0/s1. The Labute approximate surface area is 188 Å². The van der Waals surface area contributed by atoms with Gasteiger partial charge in [0, 0.05) is 23.6 Å². The maximum atomic E-state index is 12.7. The van der Waals surface area contributed by atoms with Crippen molar-refractivity contribution in [3.05, 3.63) is 60.0 Å². The molecule has 0 aliphatic carbocycles. The Hall–Kier alpha value is -3.17. The number of thiazole rings is 1. The molecule has 0 fully saturated rings. The lowest BCUT2D eigenvalue weighted by Gasteiger charge is -2.10. The van der Waals surface area contributed by atoms with Crippen LogP contribution < -0.4 is 10.1 Å². The summed E-state index contributed by atoms with van der Waals surface area (Å²) in [6, 6.07) is 17.5. The number of methoxy groups -OCH3 is 1. The van der Waals surface area contributed by atoms with Gasteiger partial charge in [-0.25, -0.2) is 4.98 Å². The first kappa shape index (κ1) is 21.1. The third-order valence-electron chi connectivity index (χ3n) is 4.64. The molecule has 0 unspecified atom stereocenters. The first-order chi connectivity index (χ1) is 15.0. The summed E-state index contributed by atoms with van der Waals surface area (Å²) in [6.45, 7) is 1.84. The van der Waals surface area contributed by atoms with E-state index in [1.54, 1.807) is 7.11 Å². The van der Waals surface area contributed by atoms with Crippen molar-refractivity contribution in [1.82, 2.24) is 19.7 Å². The molecule has 2 aromatic heterocycles. The summed E-state index contributed by atoms with van der Waals surface area (Å²) in [5.41, 5.74) is 2.79. The van der Waals surface area contributed by atoms with Crippen LogP contribution in [0, 0.1) is 0 Å². The third-order valence-corrected chi connectivity index (χ3v) is 6.53. The second-order valence-corrected chi connectivity index (χ2v) is 8.91. The second kappa shape index (κ2) is 9.32. The molecule has 7 nitrogen and oxygen atoms in total. The van der Waals surface area contributed by atoms with Crippen LogP contribution in [0.25, 0.3) is 22.6 Å². The zero-order valence-corrected chi connectivity index (χ0v) is 18.9. The summed E-state index contributed by atoms with van der Waals surface area (Å²) in [6.07, 6.45) is 0. The molecule has 0 aliphatic heterocycles. The fraction of sp³-hybridized carbons (Fsp3) is 0.182. The van der Waals surface area contributed by atoms with Gasteiger partial charge >= 0.3 is 0 Å². The molecule has 0 spiro atoms. The lowest BCUT2D eigenvalue weighted by atomic mass is 10.2. The normalized spacial score (nSPS) is 11.8. The van der Waals surface area contributed by atoms with Gasteiger partial charge in [-0.1, -0.05) is 42.1 Å². The van der Waals surface area contributed by atoms with Gasteiger partial charge in [0.05, 0.1) is 18.1 Å². The molecule has 9 heteroatoms. The van der Waals surface area contributed by atoms with Crippen LogP contribution in [0.1, 0.15) is 6.92 Å². The maximum absolute atomic E-state index is 12.7. The average Bonchev–Trinajstić information content (AvgIpc) is 3.41. The molecular formula is C22H21N5O2S2. The largest absolute Gasteiger partial charge is 0.497 e. The van der Waals surface area contributed by atoms with Crippen molar-refractivity contribution in [1.29, 1.82) is 0 Å². The molecule has 4 rings (SSSR count). The van der Waals surface area contributed by atoms with Crippen LogP contribution in [-0.4, -0.2) is 38.0 Å². The van der Waals surface area contributed by atoms with Crippen molar-refractivity contribution >= 4 is 34.1 Å². The number of carbonyl (C=O) groups excluding carboxylic acids is 1. The number of thioether (sulfide) groups is 1. The van der Waals surface area contributed by atoms with Crippen LogP contribution >= 0.6 is 23.1 Å². The summed E-state index contributed by atoms with van der Waals surface area (Å²) in [5.74, 6) is 1.38. The lowest BCUT2D eigenvalue weighted by Crippen LogP contribution is -2.22. The Morgan fingerprint density at radius 2 is 1.84 bits per heavy atom. The number of rotatable bonds is 7. The Bertz CT molecular complexity index is 1170. The van der Waals surface area contributed by atoms with Crippen molar-refractivity contribution in [2.45, 2.75) is 17.3 Å². The Balaban J connectivity index is 1.41. The van der Waals surface area contributed by atoms with E-state index in [0.717, 1.165) is 28.4 Å². The zero-order chi connectivity index (χ0) is 21.8. The van der Waals surface area contributed by atoms with Gasteiger partial charge in [-0.2, -0.15) is 0 Å². The number of nitrogens with one attached hydrogen (secondary N) is 1. The van der Waals surface area contributed by atoms with E-state index in [4.69, 9.17) is 4.74 Å². The van der Waals surface area contributed by atoms with E-state index in [1.165, 1.54) is 23.1 Å². The number of anilines is 1. The Morgan fingerprint density at radius 3 is 2.55 bits per heavy atom. The SMILES string of the molecule is COc1ccc(-c2nnc(S[C@@H](C)C(=O)Nc3nc(-c4ccccc4)cs3)n2C)cc1. The maximum Gasteiger partial charge on any atom is 0.239 e. The van der Waals surface area contributed by atoms with Crippen LogP contribution in [0.2, 0.25) is 0 Å². The molecule has 0 saturated heterocycles. The molecule has 1 amide bonds. The molecule has 158 valence electrons. The molecule has 31 heavy (non-hydrogen) atoms. The van der Waals surface area contributed by atoms with Crippen LogP contribution in [0.3, 0.4) is 0 Å². The summed E-state index contributed by atoms with van der Waals surface area (Å²) in [4.78, 5) is 17.2. The topological polar surface area (TPSA) is 81.9 Å². The van der Waals surface area contributed by atoms with E-state index in [-0.39, 0.29) is 11.2 Å². The minimum atomic E-state index is -0.365. The second-order valence-electron chi connectivity index (χ2n) is 6.75. The van der Waals surface area contributed by atoms with Crippen molar-refractivity contribution in [2.75, 3.05) is 12.4 Å². The van der Waals surface area contributed by atoms with E-state index >= 15 is 0 Å². The van der Waals surface area contributed by atoms with Gasteiger partial charge in [-0.15, -0.1) is 21.5 Å². The fourth-order valence-corrected chi connectivity index (χ4v) is 4.44. The van der Waals surface area contributed by atoms with Gasteiger partial charge in [-0.05, 0) is 31.2 Å². The molecule has 0 aliphatic rings. The number of amides is 1. The zero-order valence-electron chi connectivity index (χ0n) is 17.3. The van der Waals surface area contributed by atoms with Crippen LogP contribution in [0.15, 0.2) is 65.1 Å². The Morgan fingerprint density at radius 1 is 1.10 bits per heavy atom. The smallest absolute Gasteiger partial charge is 0.239 e. The summed E-state index contributed by atoms with van der Waals surface area (Å²) in [5, 5.41) is 14.3.